The van der Waals surface area contributed by atoms with Crippen molar-refractivity contribution < 1.29 is 9.66 Å². The molecule has 1 aromatic rings. The lowest BCUT2D eigenvalue weighted by Gasteiger charge is -2.27. The summed E-state index contributed by atoms with van der Waals surface area (Å²) in [6, 6.07) is 4.84. The van der Waals surface area contributed by atoms with Gasteiger partial charge in [0.2, 0.25) is 0 Å². The minimum atomic E-state index is -0.392. The number of nitro groups is 1. The maximum atomic E-state index is 11.0. The Morgan fingerprint density at radius 3 is 2.50 bits per heavy atom. The van der Waals surface area contributed by atoms with E-state index >= 15 is 0 Å². The van der Waals surface area contributed by atoms with Crippen molar-refractivity contribution in [1.29, 1.82) is 0 Å². The highest BCUT2D eigenvalue weighted by atomic mass is 16.6. The van der Waals surface area contributed by atoms with Crippen molar-refractivity contribution in [2.75, 3.05) is 11.9 Å². The van der Waals surface area contributed by atoms with Gasteiger partial charge >= 0.3 is 0 Å². The van der Waals surface area contributed by atoms with Crippen molar-refractivity contribution in [3.05, 3.63) is 28.3 Å². The zero-order chi connectivity index (χ0) is 15.2. The molecule has 1 aromatic carbocycles. The average Bonchev–Trinajstić information content (AvgIpc) is 2.35. The van der Waals surface area contributed by atoms with Crippen molar-refractivity contribution >= 4 is 11.4 Å². The number of anilines is 1. The third-order valence-electron chi connectivity index (χ3n) is 2.93. The third-order valence-corrected chi connectivity index (χ3v) is 2.93. The van der Waals surface area contributed by atoms with Crippen LogP contribution < -0.4 is 10.1 Å². The normalized spacial score (nSPS) is 11.2. The van der Waals surface area contributed by atoms with Crippen LogP contribution in [0.2, 0.25) is 0 Å². The van der Waals surface area contributed by atoms with Gasteiger partial charge in [-0.25, -0.2) is 0 Å². The maximum Gasteiger partial charge on any atom is 0.275 e. The van der Waals surface area contributed by atoms with E-state index < -0.39 is 4.92 Å². The van der Waals surface area contributed by atoms with E-state index in [1.165, 1.54) is 6.07 Å². The molecule has 0 unspecified atom stereocenters. The van der Waals surface area contributed by atoms with Crippen LogP contribution in [-0.2, 0) is 0 Å². The molecule has 5 nitrogen and oxygen atoms in total. The number of hydrogen-bond acceptors (Lipinski definition) is 4. The molecule has 0 bridgehead atoms. The number of nitrogens with zero attached hydrogens (tertiary/aromatic N) is 1. The first-order valence-electron chi connectivity index (χ1n) is 7.08. The molecule has 0 atom stereocenters. The molecule has 0 aliphatic rings. The summed E-state index contributed by atoms with van der Waals surface area (Å²) in [6.07, 6.45) is 2.90. The van der Waals surface area contributed by atoms with Gasteiger partial charge in [0.15, 0.2) is 0 Å². The number of nitrogens with one attached hydrogen (secondary N) is 1. The zero-order valence-corrected chi connectivity index (χ0v) is 12.7. The smallest absolute Gasteiger partial charge is 0.275 e. The van der Waals surface area contributed by atoms with Crippen molar-refractivity contribution in [2.24, 2.45) is 0 Å². The van der Waals surface area contributed by atoms with Gasteiger partial charge in [-0.15, -0.1) is 0 Å². The number of non-ortho nitro benzene ring substituents is 1. The molecule has 0 amide bonds. The Hall–Kier alpha value is -1.78. The van der Waals surface area contributed by atoms with E-state index in [1.807, 2.05) is 13.0 Å². The maximum absolute atomic E-state index is 11.0. The molecule has 1 N–H and O–H groups in total. The summed E-state index contributed by atoms with van der Waals surface area (Å²) in [5.74, 6) is 0.538. The standard InChI is InChI=1S/C15H24N2O3/c1-5-7-15(3,4)16-12-9-13(17(18)19)11-14(10-12)20-8-6-2/h9-11,16H,5-8H2,1-4H3. The Labute approximate surface area is 120 Å². The Morgan fingerprint density at radius 2 is 1.95 bits per heavy atom. The first-order chi connectivity index (χ1) is 9.38. The highest BCUT2D eigenvalue weighted by Crippen LogP contribution is 2.29. The molecule has 5 heteroatoms. The molecule has 0 radical (unpaired) electrons. The molecule has 20 heavy (non-hydrogen) atoms. The Bertz CT molecular complexity index is 458. The minimum Gasteiger partial charge on any atom is -0.493 e. The van der Waals surface area contributed by atoms with Gasteiger partial charge in [0.1, 0.15) is 5.75 Å². The van der Waals surface area contributed by atoms with Crippen LogP contribution >= 0.6 is 0 Å². The van der Waals surface area contributed by atoms with Crippen LogP contribution in [0, 0.1) is 10.1 Å². The van der Waals surface area contributed by atoms with Crippen LogP contribution in [0.4, 0.5) is 11.4 Å². The van der Waals surface area contributed by atoms with Gasteiger partial charge in [0.25, 0.3) is 5.69 Å². The highest BCUT2D eigenvalue weighted by Gasteiger charge is 2.18. The topological polar surface area (TPSA) is 64.4 Å². The SMILES string of the molecule is CCCOc1cc(NC(C)(C)CCC)cc([N+](=O)[O-])c1. The lowest BCUT2D eigenvalue weighted by Crippen LogP contribution is -2.30. The van der Waals surface area contributed by atoms with E-state index in [-0.39, 0.29) is 11.2 Å². The summed E-state index contributed by atoms with van der Waals surface area (Å²) in [5, 5.41) is 14.3. The summed E-state index contributed by atoms with van der Waals surface area (Å²) in [5.41, 5.74) is 0.670. The van der Waals surface area contributed by atoms with Gasteiger partial charge in [-0.2, -0.15) is 0 Å². The monoisotopic (exact) mass is 280 g/mol. The first-order valence-corrected chi connectivity index (χ1v) is 7.08. The van der Waals surface area contributed by atoms with E-state index in [4.69, 9.17) is 4.74 Å². The average molecular weight is 280 g/mol. The van der Waals surface area contributed by atoms with E-state index in [2.05, 4.69) is 26.1 Å². The molecule has 0 heterocycles. The van der Waals surface area contributed by atoms with E-state index in [0.717, 1.165) is 24.9 Å². The fourth-order valence-electron chi connectivity index (χ4n) is 2.14. The lowest BCUT2D eigenvalue weighted by atomic mass is 9.98. The predicted molar refractivity (Wildman–Crippen MR) is 81.5 cm³/mol. The van der Waals surface area contributed by atoms with Gasteiger partial charge in [0.05, 0.1) is 17.6 Å². The predicted octanol–water partition coefficient (Wildman–Crippen LogP) is 4.37. The number of rotatable bonds is 8. The summed E-state index contributed by atoms with van der Waals surface area (Å²) in [7, 11) is 0. The van der Waals surface area contributed by atoms with Gasteiger partial charge in [-0.05, 0) is 26.7 Å². The van der Waals surface area contributed by atoms with Crippen molar-refractivity contribution in [2.45, 2.75) is 52.5 Å². The molecule has 112 valence electrons. The fraction of sp³-hybridized carbons (Fsp3) is 0.600. The molecule has 0 fully saturated rings. The van der Waals surface area contributed by atoms with Crippen LogP contribution in [0.15, 0.2) is 18.2 Å². The van der Waals surface area contributed by atoms with Crippen LogP contribution in [0.3, 0.4) is 0 Å². The molecular formula is C15H24N2O3. The Balaban J connectivity index is 2.99. The second-order valence-corrected chi connectivity index (χ2v) is 5.58. The van der Waals surface area contributed by atoms with E-state index in [0.29, 0.717) is 12.4 Å². The number of nitro benzene ring substituents is 1. The fourth-order valence-corrected chi connectivity index (χ4v) is 2.14. The van der Waals surface area contributed by atoms with E-state index in [9.17, 15) is 10.1 Å². The van der Waals surface area contributed by atoms with Crippen LogP contribution in [0.1, 0.15) is 47.0 Å². The molecule has 0 saturated heterocycles. The Kier molecular flexibility index (Phi) is 5.80. The van der Waals surface area contributed by atoms with Gasteiger partial charge in [-0.1, -0.05) is 20.3 Å². The van der Waals surface area contributed by atoms with E-state index in [1.54, 1.807) is 6.07 Å². The molecular weight excluding hydrogens is 256 g/mol. The summed E-state index contributed by atoms with van der Waals surface area (Å²) >= 11 is 0. The minimum absolute atomic E-state index is 0.0494. The summed E-state index contributed by atoms with van der Waals surface area (Å²) < 4.78 is 5.52. The van der Waals surface area contributed by atoms with Crippen molar-refractivity contribution in [1.82, 2.24) is 0 Å². The molecule has 0 aliphatic carbocycles. The first kappa shape index (κ1) is 16.3. The van der Waals surface area contributed by atoms with Crippen molar-refractivity contribution in [3.63, 3.8) is 0 Å². The largest absolute Gasteiger partial charge is 0.493 e. The van der Waals surface area contributed by atoms with Gasteiger partial charge < -0.3 is 10.1 Å². The quantitative estimate of drug-likeness (QED) is 0.567. The zero-order valence-electron chi connectivity index (χ0n) is 12.7. The summed E-state index contributed by atoms with van der Waals surface area (Å²) in [6.45, 7) is 8.84. The molecule has 0 spiro atoms. The van der Waals surface area contributed by atoms with Crippen molar-refractivity contribution in [3.8, 4) is 5.75 Å². The number of benzene rings is 1. The molecule has 0 aromatic heterocycles. The second kappa shape index (κ2) is 7.12. The number of ether oxygens (including phenoxy) is 1. The molecule has 1 rings (SSSR count). The molecule has 0 aliphatic heterocycles. The number of hydrogen-bond donors (Lipinski definition) is 1. The highest BCUT2D eigenvalue weighted by molar-refractivity contribution is 5.57. The lowest BCUT2D eigenvalue weighted by molar-refractivity contribution is -0.384. The Morgan fingerprint density at radius 1 is 1.25 bits per heavy atom. The van der Waals surface area contributed by atoms with Crippen LogP contribution in [0.25, 0.3) is 0 Å². The van der Waals surface area contributed by atoms with Gasteiger partial charge in [0, 0.05) is 23.4 Å². The second-order valence-electron chi connectivity index (χ2n) is 5.58. The summed E-state index contributed by atoms with van der Waals surface area (Å²) in [4.78, 5) is 10.6. The molecule has 0 saturated carbocycles. The van der Waals surface area contributed by atoms with Gasteiger partial charge in [-0.3, -0.25) is 10.1 Å². The van der Waals surface area contributed by atoms with Crippen LogP contribution in [0.5, 0.6) is 5.75 Å². The third kappa shape index (κ3) is 5.07. The van der Waals surface area contributed by atoms with Crippen LogP contribution in [-0.4, -0.2) is 17.1 Å².